The van der Waals surface area contributed by atoms with E-state index in [4.69, 9.17) is 23.1 Å². The first-order valence-corrected chi connectivity index (χ1v) is 5.78. The zero-order valence-corrected chi connectivity index (χ0v) is 11.0. The molecule has 0 aliphatic rings. The molecule has 1 unspecified atom stereocenters. The van der Waals surface area contributed by atoms with Crippen molar-refractivity contribution in [2.75, 3.05) is 0 Å². The Kier molecular flexibility index (Phi) is 4.32. The SMILES string of the molecule is C[C@H](N)C(=O)NC(C)(C(N)=O)c1cccc(Cl)c1. The third-order valence-electron chi connectivity index (χ3n) is 2.68. The number of halogens is 1. The van der Waals surface area contributed by atoms with Gasteiger partial charge in [0.2, 0.25) is 11.8 Å². The van der Waals surface area contributed by atoms with E-state index in [0.29, 0.717) is 10.6 Å². The molecule has 18 heavy (non-hydrogen) atoms. The average Bonchev–Trinajstić information content (AvgIpc) is 2.28. The smallest absolute Gasteiger partial charge is 0.247 e. The number of hydrogen-bond acceptors (Lipinski definition) is 3. The molecule has 5 N–H and O–H groups in total. The maximum atomic E-state index is 11.6. The Bertz CT molecular complexity index is 476. The molecule has 0 saturated heterocycles. The predicted molar refractivity (Wildman–Crippen MR) is 69.8 cm³/mol. The van der Waals surface area contributed by atoms with Crippen LogP contribution in [-0.4, -0.2) is 17.9 Å². The molecule has 0 saturated carbocycles. The molecule has 5 nitrogen and oxygen atoms in total. The third kappa shape index (κ3) is 3.00. The van der Waals surface area contributed by atoms with Gasteiger partial charge in [-0.3, -0.25) is 9.59 Å². The van der Waals surface area contributed by atoms with E-state index in [1.807, 2.05) is 0 Å². The Balaban J connectivity index is 3.16. The summed E-state index contributed by atoms with van der Waals surface area (Å²) >= 11 is 5.87. The maximum Gasteiger partial charge on any atom is 0.247 e. The summed E-state index contributed by atoms with van der Waals surface area (Å²) in [6.45, 7) is 3.04. The molecule has 0 bridgehead atoms. The molecule has 0 fully saturated rings. The van der Waals surface area contributed by atoms with Crippen LogP contribution in [0.4, 0.5) is 0 Å². The van der Waals surface area contributed by atoms with Crippen molar-refractivity contribution in [1.82, 2.24) is 5.32 Å². The molecule has 0 aliphatic heterocycles. The minimum Gasteiger partial charge on any atom is -0.367 e. The maximum absolute atomic E-state index is 11.6. The molecule has 1 rings (SSSR count). The van der Waals surface area contributed by atoms with E-state index in [9.17, 15) is 9.59 Å². The lowest BCUT2D eigenvalue weighted by Crippen LogP contribution is -2.56. The third-order valence-corrected chi connectivity index (χ3v) is 2.92. The van der Waals surface area contributed by atoms with Crippen LogP contribution in [0.25, 0.3) is 0 Å². The van der Waals surface area contributed by atoms with Gasteiger partial charge in [-0.2, -0.15) is 0 Å². The van der Waals surface area contributed by atoms with Crippen molar-refractivity contribution < 1.29 is 9.59 Å². The Morgan fingerprint density at radius 2 is 2.06 bits per heavy atom. The number of nitrogens with two attached hydrogens (primary N) is 2. The first-order chi connectivity index (χ1) is 8.27. The summed E-state index contributed by atoms with van der Waals surface area (Å²) in [6.07, 6.45) is 0. The summed E-state index contributed by atoms with van der Waals surface area (Å²) in [7, 11) is 0. The molecular formula is C12H16ClN3O2. The highest BCUT2D eigenvalue weighted by molar-refractivity contribution is 6.30. The van der Waals surface area contributed by atoms with Gasteiger partial charge >= 0.3 is 0 Å². The summed E-state index contributed by atoms with van der Waals surface area (Å²) in [6, 6.07) is 5.85. The largest absolute Gasteiger partial charge is 0.367 e. The number of nitrogens with one attached hydrogen (secondary N) is 1. The first-order valence-electron chi connectivity index (χ1n) is 5.41. The highest BCUT2D eigenvalue weighted by Crippen LogP contribution is 2.23. The van der Waals surface area contributed by atoms with Crippen LogP contribution in [0.2, 0.25) is 5.02 Å². The lowest BCUT2D eigenvalue weighted by atomic mass is 9.91. The van der Waals surface area contributed by atoms with Gasteiger partial charge in [0.1, 0.15) is 5.54 Å². The van der Waals surface area contributed by atoms with Crippen molar-refractivity contribution in [3.63, 3.8) is 0 Å². The van der Waals surface area contributed by atoms with E-state index >= 15 is 0 Å². The summed E-state index contributed by atoms with van der Waals surface area (Å²) in [5.74, 6) is -1.14. The van der Waals surface area contributed by atoms with Gasteiger partial charge in [0.25, 0.3) is 0 Å². The number of benzene rings is 1. The molecule has 2 amide bonds. The Hall–Kier alpha value is -1.59. The fraction of sp³-hybridized carbons (Fsp3) is 0.333. The van der Waals surface area contributed by atoms with Crippen molar-refractivity contribution in [3.05, 3.63) is 34.9 Å². The Morgan fingerprint density at radius 3 is 2.50 bits per heavy atom. The fourth-order valence-electron chi connectivity index (χ4n) is 1.44. The van der Waals surface area contributed by atoms with E-state index in [2.05, 4.69) is 5.32 Å². The Morgan fingerprint density at radius 1 is 1.44 bits per heavy atom. The summed E-state index contributed by atoms with van der Waals surface area (Å²) in [5, 5.41) is 2.99. The molecule has 1 aromatic carbocycles. The van der Waals surface area contributed by atoms with E-state index in [-0.39, 0.29) is 0 Å². The number of carbonyl (C=O) groups is 2. The van der Waals surface area contributed by atoms with E-state index in [0.717, 1.165) is 0 Å². The standard InChI is InChI=1S/C12H16ClN3O2/c1-7(14)10(17)16-12(2,11(15)18)8-4-3-5-9(13)6-8/h3-7H,14H2,1-2H3,(H2,15,18)(H,16,17)/t7-,12?/m0/s1. The normalized spacial score (nSPS) is 15.6. The van der Waals surface area contributed by atoms with Crippen LogP contribution in [-0.2, 0) is 15.1 Å². The van der Waals surface area contributed by atoms with Gasteiger partial charge < -0.3 is 16.8 Å². The summed E-state index contributed by atoms with van der Waals surface area (Å²) in [5.41, 5.74) is 10.00. The van der Waals surface area contributed by atoms with Crippen LogP contribution in [0.5, 0.6) is 0 Å². The van der Waals surface area contributed by atoms with E-state index in [1.165, 1.54) is 13.8 Å². The number of primary amides is 1. The zero-order chi connectivity index (χ0) is 13.9. The van der Waals surface area contributed by atoms with Gasteiger partial charge in [0, 0.05) is 5.02 Å². The van der Waals surface area contributed by atoms with Crippen molar-refractivity contribution in [1.29, 1.82) is 0 Å². The van der Waals surface area contributed by atoms with Gasteiger partial charge in [-0.1, -0.05) is 23.7 Å². The minimum atomic E-state index is -1.34. The lowest BCUT2D eigenvalue weighted by Gasteiger charge is -2.29. The van der Waals surface area contributed by atoms with E-state index in [1.54, 1.807) is 24.3 Å². The van der Waals surface area contributed by atoms with Gasteiger partial charge in [0.05, 0.1) is 6.04 Å². The first kappa shape index (κ1) is 14.5. The van der Waals surface area contributed by atoms with Crippen molar-refractivity contribution in [3.8, 4) is 0 Å². The predicted octanol–water partition coefficient (Wildman–Crippen LogP) is 0.504. The van der Waals surface area contributed by atoms with Crippen molar-refractivity contribution in [2.45, 2.75) is 25.4 Å². The van der Waals surface area contributed by atoms with Crippen LogP contribution in [0.15, 0.2) is 24.3 Å². The number of carbonyl (C=O) groups excluding carboxylic acids is 2. The molecule has 0 radical (unpaired) electrons. The highest BCUT2D eigenvalue weighted by atomic mass is 35.5. The second-order valence-electron chi connectivity index (χ2n) is 4.28. The monoisotopic (exact) mass is 269 g/mol. The second kappa shape index (κ2) is 5.37. The van der Waals surface area contributed by atoms with Crippen LogP contribution in [0, 0.1) is 0 Å². The summed E-state index contributed by atoms with van der Waals surface area (Å²) < 4.78 is 0. The number of hydrogen-bond donors (Lipinski definition) is 3. The molecule has 6 heteroatoms. The van der Waals surface area contributed by atoms with E-state index < -0.39 is 23.4 Å². The fourth-order valence-corrected chi connectivity index (χ4v) is 1.63. The van der Waals surface area contributed by atoms with Gasteiger partial charge in [-0.05, 0) is 31.5 Å². The van der Waals surface area contributed by atoms with Gasteiger partial charge in [-0.15, -0.1) is 0 Å². The molecule has 1 aromatic rings. The molecule has 98 valence electrons. The van der Waals surface area contributed by atoms with Crippen molar-refractivity contribution >= 4 is 23.4 Å². The van der Waals surface area contributed by atoms with Crippen LogP contribution >= 0.6 is 11.6 Å². The number of amides is 2. The molecule has 0 spiro atoms. The second-order valence-corrected chi connectivity index (χ2v) is 4.71. The van der Waals surface area contributed by atoms with Crippen LogP contribution in [0.3, 0.4) is 0 Å². The van der Waals surface area contributed by atoms with Gasteiger partial charge in [-0.25, -0.2) is 0 Å². The molecular weight excluding hydrogens is 254 g/mol. The summed E-state index contributed by atoms with van der Waals surface area (Å²) in [4.78, 5) is 23.3. The minimum absolute atomic E-state index is 0.454. The molecule has 2 atom stereocenters. The Labute approximate surface area is 110 Å². The molecule has 0 heterocycles. The molecule has 0 aliphatic carbocycles. The van der Waals surface area contributed by atoms with Crippen LogP contribution in [0.1, 0.15) is 19.4 Å². The van der Waals surface area contributed by atoms with Gasteiger partial charge in [0.15, 0.2) is 0 Å². The quantitative estimate of drug-likeness (QED) is 0.742. The topological polar surface area (TPSA) is 98.2 Å². The van der Waals surface area contributed by atoms with Crippen molar-refractivity contribution in [2.24, 2.45) is 11.5 Å². The lowest BCUT2D eigenvalue weighted by molar-refractivity contribution is -0.131. The zero-order valence-electron chi connectivity index (χ0n) is 10.2. The average molecular weight is 270 g/mol. The molecule has 0 aromatic heterocycles. The van der Waals surface area contributed by atoms with Crippen LogP contribution < -0.4 is 16.8 Å². The highest BCUT2D eigenvalue weighted by Gasteiger charge is 2.35. The number of rotatable bonds is 4.